The predicted molar refractivity (Wildman–Crippen MR) is 95.4 cm³/mol. The first kappa shape index (κ1) is 18.4. The Kier molecular flexibility index (Phi) is 5.92. The van der Waals surface area contributed by atoms with E-state index in [0.717, 1.165) is 6.42 Å². The molecule has 24 heavy (non-hydrogen) atoms. The molecule has 0 saturated carbocycles. The Morgan fingerprint density at radius 2 is 2.17 bits per heavy atom. The number of thiazole rings is 1. The number of nitrogens with two attached hydrogens (primary N) is 1. The van der Waals surface area contributed by atoms with E-state index in [1.165, 1.54) is 29.7 Å². The summed E-state index contributed by atoms with van der Waals surface area (Å²) in [6.07, 6.45) is 2.29. The molecule has 2 aromatic rings. The lowest BCUT2D eigenvalue weighted by atomic mass is 9.99. The Bertz CT molecular complexity index is 791. The lowest BCUT2D eigenvalue weighted by molar-refractivity contribution is -0.118. The van der Waals surface area contributed by atoms with E-state index >= 15 is 0 Å². The van der Waals surface area contributed by atoms with Gasteiger partial charge in [-0.1, -0.05) is 26.3 Å². The molecule has 0 bridgehead atoms. The summed E-state index contributed by atoms with van der Waals surface area (Å²) in [7, 11) is -3.77. The molecular weight excluding hydrogens is 348 g/mol. The molecule has 0 aliphatic rings. The highest BCUT2D eigenvalue weighted by Crippen LogP contribution is 2.20. The van der Waals surface area contributed by atoms with Gasteiger partial charge in [0.2, 0.25) is 5.91 Å². The van der Waals surface area contributed by atoms with Crippen LogP contribution in [0.2, 0.25) is 0 Å². The molecule has 0 spiro atoms. The molecule has 2 atom stereocenters. The van der Waals surface area contributed by atoms with Gasteiger partial charge in [0.15, 0.2) is 5.13 Å². The molecule has 1 aromatic carbocycles. The van der Waals surface area contributed by atoms with Crippen molar-refractivity contribution in [3.8, 4) is 0 Å². The van der Waals surface area contributed by atoms with E-state index in [-0.39, 0.29) is 21.9 Å². The summed E-state index contributed by atoms with van der Waals surface area (Å²) >= 11 is 1.18. The lowest BCUT2D eigenvalue weighted by Gasteiger charge is -2.18. The fraction of sp³-hybridized carbons (Fsp3) is 0.333. The van der Waals surface area contributed by atoms with Gasteiger partial charge in [0.1, 0.15) is 0 Å². The van der Waals surface area contributed by atoms with Crippen molar-refractivity contribution < 1.29 is 13.2 Å². The Balaban J connectivity index is 2.15. The minimum atomic E-state index is -3.77. The molecule has 2 unspecified atom stereocenters. The highest BCUT2D eigenvalue weighted by molar-refractivity contribution is 7.93. The molecule has 0 fully saturated rings. The zero-order valence-corrected chi connectivity index (χ0v) is 15.0. The van der Waals surface area contributed by atoms with E-state index in [2.05, 4.69) is 15.0 Å². The third-order valence-electron chi connectivity index (χ3n) is 3.63. The van der Waals surface area contributed by atoms with Crippen molar-refractivity contribution >= 4 is 38.1 Å². The van der Waals surface area contributed by atoms with Gasteiger partial charge in [0.05, 0.1) is 10.9 Å². The number of nitrogens with zero attached hydrogens (tertiary/aromatic N) is 1. The fourth-order valence-corrected chi connectivity index (χ4v) is 3.76. The van der Waals surface area contributed by atoms with Crippen molar-refractivity contribution in [1.82, 2.24) is 4.98 Å². The highest BCUT2D eigenvalue weighted by Gasteiger charge is 2.20. The molecule has 1 heterocycles. The maximum atomic E-state index is 12.3. The summed E-state index contributed by atoms with van der Waals surface area (Å²) in [6.45, 7) is 3.85. The van der Waals surface area contributed by atoms with Gasteiger partial charge in [-0.2, -0.15) is 0 Å². The zero-order valence-electron chi connectivity index (χ0n) is 13.4. The quantitative estimate of drug-likeness (QED) is 0.693. The van der Waals surface area contributed by atoms with Crippen LogP contribution in [0.15, 0.2) is 40.7 Å². The number of hydrogen-bond donors (Lipinski definition) is 3. The molecule has 7 nitrogen and oxygen atoms in total. The van der Waals surface area contributed by atoms with E-state index in [1.807, 2.05) is 13.8 Å². The second-order valence-corrected chi connectivity index (χ2v) is 7.95. The molecule has 1 aromatic heterocycles. The average Bonchev–Trinajstić information content (AvgIpc) is 3.05. The van der Waals surface area contributed by atoms with E-state index in [1.54, 1.807) is 17.5 Å². The van der Waals surface area contributed by atoms with Crippen LogP contribution in [0.3, 0.4) is 0 Å². The number of rotatable bonds is 7. The number of aromatic nitrogens is 1. The number of hydrogen-bond acceptors (Lipinski definition) is 6. The van der Waals surface area contributed by atoms with Crippen molar-refractivity contribution in [3.05, 3.63) is 35.8 Å². The van der Waals surface area contributed by atoms with E-state index in [9.17, 15) is 13.2 Å². The standard InChI is InChI=1S/C15H20N4O3S2/c1-3-10(2)13(16)14(20)18-11-5-4-6-12(9-11)24(21,22)19-15-17-7-8-23-15/h4-10,13H,3,16H2,1-2H3,(H,17,19)(H,18,20). The summed E-state index contributed by atoms with van der Waals surface area (Å²) in [5.41, 5.74) is 6.26. The normalized spacial score (nSPS) is 14.0. The minimum Gasteiger partial charge on any atom is -0.325 e. The van der Waals surface area contributed by atoms with Crippen LogP contribution in [0.1, 0.15) is 20.3 Å². The summed E-state index contributed by atoms with van der Waals surface area (Å²) in [6, 6.07) is 5.35. The largest absolute Gasteiger partial charge is 0.325 e. The molecule has 1 amide bonds. The van der Waals surface area contributed by atoms with Gasteiger partial charge in [0, 0.05) is 17.3 Å². The maximum absolute atomic E-state index is 12.3. The van der Waals surface area contributed by atoms with Gasteiger partial charge in [0.25, 0.3) is 10.0 Å². The monoisotopic (exact) mass is 368 g/mol. The predicted octanol–water partition coefficient (Wildman–Crippen LogP) is 2.26. The molecule has 130 valence electrons. The number of carbonyl (C=O) groups excluding carboxylic acids is 1. The van der Waals surface area contributed by atoms with Crippen molar-refractivity contribution in [2.45, 2.75) is 31.2 Å². The third kappa shape index (κ3) is 4.53. The van der Waals surface area contributed by atoms with Crippen LogP contribution in [0.25, 0.3) is 0 Å². The van der Waals surface area contributed by atoms with Gasteiger partial charge in [-0.3, -0.25) is 9.52 Å². The molecular formula is C15H20N4O3S2. The van der Waals surface area contributed by atoms with Gasteiger partial charge in [-0.15, -0.1) is 11.3 Å². The molecule has 0 radical (unpaired) electrons. The minimum absolute atomic E-state index is 0.0310. The molecule has 4 N–H and O–H groups in total. The van der Waals surface area contributed by atoms with Crippen LogP contribution < -0.4 is 15.8 Å². The van der Waals surface area contributed by atoms with Gasteiger partial charge < -0.3 is 11.1 Å². The Morgan fingerprint density at radius 3 is 2.79 bits per heavy atom. The summed E-state index contributed by atoms with van der Waals surface area (Å²) in [5, 5.41) is 4.61. The van der Waals surface area contributed by atoms with E-state index in [4.69, 9.17) is 5.73 Å². The number of nitrogens with one attached hydrogen (secondary N) is 2. The van der Waals surface area contributed by atoms with E-state index < -0.39 is 16.1 Å². The van der Waals surface area contributed by atoms with Crippen molar-refractivity contribution in [1.29, 1.82) is 0 Å². The second-order valence-electron chi connectivity index (χ2n) is 5.37. The number of carbonyl (C=O) groups is 1. The smallest absolute Gasteiger partial charge is 0.263 e. The highest BCUT2D eigenvalue weighted by atomic mass is 32.2. The van der Waals surface area contributed by atoms with Crippen LogP contribution in [0.4, 0.5) is 10.8 Å². The topological polar surface area (TPSA) is 114 Å². The van der Waals surface area contributed by atoms with Crippen LogP contribution in [0.5, 0.6) is 0 Å². The van der Waals surface area contributed by atoms with Crippen LogP contribution in [0, 0.1) is 5.92 Å². The second kappa shape index (κ2) is 7.73. The van der Waals surface area contributed by atoms with E-state index in [0.29, 0.717) is 5.69 Å². The lowest BCUT2D eigenvalue weighted by Crippen LogP contribution is -2.40. The molecule has 2 rings (SSSR count). The van der Waals surface area contributed by atoms with Crippen LogP contribution in [-0.4, -0.2) is 25.4 Å². The van der Waals surface area contributed by atoms with Crippen LogP contribution >= 0.6 is 11.3 Å². The zero-order chi connectivity index (χ0) is 17.7. The SMILES string of the molecule is CCC(C)C(N)C(=O)Nc1cccc(S(=O)(=O)Nc2nccs2)c1. The number of amides is 1. The molecule has 0 saturated heterocycles. The summed E-state index contributed by atoms with van der Waals surface area (Å²) in [4.78, 5) is 16.0. The van der Waals surface area contributed by atoms with Crippen molar-refractivity contribution in [2.24, 2.45) is 11.7 Å². The first-order chi connectivity index (χ1) is 11.3. The van der Waals surface area contributed by atoms with Gasteiger partial charge in [-0.25, -0.2) is 13.4 Å². The summed E-state index contributed by atoms with van der Waals surface area (Å²) < 4.78 is 27.1. The number of sulfonamides is 1. The number of anilines is 2. The van der Waals surface area contributed by atoms with Crippen molar-refractivity contribution in [2.75, 3.05) is 10.0 Å². The first-order valence-corrected chi connectivity index (χ1v) is 9.78. The first-order valence-electron chi connectivity index (χ1n) is 7.42. The average molecular weight is 368 g/mol. The van der Waals surface area contributed by atoms with Gasteiger partial charge >= 0.3 is 0 Å². The summed E-state index contributed by atoms with van der Waals surface area (Å²) in [5.74, 6) is -0.310. The van der Waals surface area contributed by atoms with Crippen LogP contribution in [-0.2, 0) is 14.8 Å². The Labute approximate surface area is 145 Å². The Hall–Kier alpha value is -1.97. The molecule has 9 heteroatoms. The number of benzene rings is 1. The van der Waals surface area contributed by atoms with Crippen molar-refractivity contribution in [3.63, 3.8) is 0 Å². The fourth-order valence-electron chi connectivity index (χ4n) is 1.93. The molecule has 0 aliphatic carbocycles. The maximum Gasteiger partial charge on any atom is 0.263 e. The molecule has 0 aliphatic heterocycles. The third-order valence-corrected chi connectivity index (χ3v) is 5.78. The Morgan fingerprint density at radius 1 is 1.42 bits per heavy atom. The van der Waals surface area contributed by atoms with Gasteiger partial charge in [-0.05, 0) is 24.1 Å².